The van der Waals surface area contributed by atoms with E-state index in [1.807, 2.05) is 19.0 Å². The van der Waals surface area contributed by atoms with Crippen LogP contribution in [0.1, 0.15) is 15.9 Å². The summed E-state index contributed by atoms with van der Waals surface area (Å²) in [5, 5.41) is 0. The molecule has 0 atom stereocenters. The van der Waals surface area contributed by atoms with Crippen LogP contribution < -0.4 is 4.90 Å². The molecule has 0 fully saturated rings. The predicted octanol–water partition coefficient (Wildman–Crippen LogP) is 4.17. The normalized spacial score (nSPS) is 10.0. The van der Waals surface area contributed by atoms with E-state index in [9.17, 15) is 13.6 Å². The van der Waals surface area contributed by atoms with Crippen molar-refractivity contribution in [3.63, 3.8) is 0 Å². The second-order valence-corrected chi connectivity index (χ2v) is 4.79. The van der Waals surface area contributed by atoms with Gasteiger partial charge in [0.15, 0.2) is 0 Å². The Kier molecular flexibility index (Phi) is 4.88. The number of hydrogen-bond acceptors (Lipinski definition) is 3. The smallest absolute Gasteiger partial charge is 0.343 e. The molecule has 5 heteroatoms. The summed E-state index contributed by atoms with van der Waals surface area (Å²) >= 11 is 0. The minimum absolute atomic E-state index is 0.148. The van der Waals surface area contributed by atoms with Gasteiger partial charge >= 0.3 is 12.0 Å². The number of esters is 1. The maximum absolute atomic E-state index is 13.1. The van der Waals surface area contributed by atoms with E-state index in [4.69, 9.17) is 4.74 Å². The van der Waals surface area contributed by atoms with Crippen LogP contribution in [0.2, 0.25) is 0 Å². The molecule has 0 aromatic heterocycles. The van der Waals surface area contributed by atoms with E-state index < -0.39 is 17.8 Å². The first-order valence-corrected chi connectivity index (χ1v) is 6.59. The van der Waals surface area contributed by atoms with Crippen LogP contribution in [-0.2, 0) is 4.74 Å². The number of halogens is 2. The minimum Gasteiger partial charge on any atom is -0.417 e. The Morgan fingerprint density at radius 3 is 2.00 bits per heavy atom. The SMILES string of the molecule is CN(C)c1ccc(C(OC(=O)c2ccccc2)=C(F)F)cc1. The van der Waals surface area contributed by atoms with Crippen LogP contribution in [0.25, 0.3) is 5.76 Å². The number of benzene rings is 2. The molecule has 2 aromatic rings. The maximum Gasteiger partial charge on any atom is 0.343 e. The standard InChI is InChI=1S/C17H15F2NO2/c1-20(2)14-10-8-12(9-11-14)15(16(18)19)22-17(21)13-6-4-3-5-7-13/h3-11H,1-2H3. The summed E-state index contributed by atoms with van der Waals surface area (Å²) in [4.78, 5) is 13.8. The lowest BCUT2D eigenvalue weighted by molar-refractivity contribution is 0.0682. The van der Waals surface area contributed by atoms with Crippen molar-refractivity contribution in [3.8, 4) is 0 Å². The molecule has 2 aromatic carbocycles. The number of carbonyl (C=O) groups excluding carboxylic acids is 1. The monoisotopic (exact) mass is 303 g/mol. The Labute approximate surface area is 127 Å². The third-order valence-electron chi connectivity index (χ3n) is 3.02. The van der Waals surface area contributed by atoms with Gasteiger partial charge in [-0.05, 0) is 36.4 Å². The summed E-state index contributed by atoms with van der Waals surface area (Å²) in [5.74, 6) is -1.54. The topological polar surface area (TPSA) is 29.5 Å². The zero-order chi connectivity index (χ0) is 16.1. The molecule has 2 rings (SSSR count). The fourth-order valence-electron chi connectivity index (χ4n) is 1.84. The highest BCUT2D eigenvalue weighted by molar-refractivity contribution is 5.93. The van der Waals surface area contributed by atoms with E-state index >= 15 is 0 Å². The highest BCUT2D eigenvalue weighted by Crippen LogP contribution is 2.25. The van der Waals surface area contributed by atoms with Crippen LogP contribution >= 0.6 is 0 Å². The second-order valence-electron chi connectivity index (χ2n) is 4.79. The first-order valence-electron chi connectivity index (χ1n) is 6.59. The van der Waals surface area contributed by atoms with E-state index in [2.05, 4.69) is 0 Å². The van der Waals surface area contributed by atoms with Gasteiger partial charge in [0.05, 0.1) is 5.56 Å². The Morgan fingerprint density at radius 2 is 1.50 bits per heavy atom. The Bertz CT molecular complexity index is 676. The molecule has 0 radical (unpaired) electrons. The Hall–Kier alpha value is -2.69. The lowest BCUT2D eigenvalue weighted by Gasteiger charge is -2.13. The van der Waals surface area contributed by atoms with Gasteiger partial charge in [-0.3, -0.25) is 0 Å². The lowest BCUT2D eigenvalue weighted by atomic mass is 10.1. The fraction of sp³-hybridized carbons (Fsp3) is 0.118. The number of ether oxygens (including phenoxy) is 1. The molecule has 0 aliphatic heterocycles. The van der Waals surface area contributed by atoms with Crippen LogP contribution in [0.5, 0.6) is 0 Å². The van der Waals surface area contributed by atoms with Gasteiger partial charge in [0.2, 0.25) is 5.76 Å². The molecule has 3 nitrogen and oxygen atoms in total. The van der Waals surface area contributed by atoms with Crippen molar-refractivity contribution in [3.05, 3.63) is 71.8 Å². The molecule has 0 bridgehead atoms. The molecule has 0 unspecified atom stereocenters. The van der Waals surface area contributed by atoms with Gasteiger partial charge in [-0.15, -0.1) is 0 Å². The molecule has 0 saturated heterocycles. The molecule has 0 aliphatic rings. The fourth-order valence-corrected chi connectivity index (χ4v) is 1.84. The summed E-state index contributed by atoms with van der Waals surface area (Å²) in [7, 11) is 3.69. The summed E-state index contributed by atoms with van der Waals surface area (Å²) < 4.78 is 31.1. The zero-order valence-electron chi connectivity index (χ0n) is 12.2. The summed E-state index contributed by atoms with van der Waals surface area (Å²) in [5.41, 5.74) is 1.22. The number of hydrogen-bond donors (Lipinski definition) is 0. The van der Waals surface area contributed by atoms with Crippen LogP contribution in [0, 0.1) is 0 Å². The number of rotatable bonds is 4. The van der Waals surface area contributed by atoms with Gasteiger partial charge in [-0.2, -0.15) is 8.78 Å². The van der Waals surface area contributed by atoms with Crippen molar-refractivity contribution in [2.45, 2.75) is 0 Å². The van der Waals surface area contributed by atoms with Gasteiger partial charge in [-0.1, -0.05) is 18.2 Å². The van der Waals surface area contributed by atoms with Gasteiger partial charge in [0, 0.05) is 25.3 Å². The number of carbonyl (C=O) groups is 1. The molecule has 0 saturated carbocycles. The van der Waals surface area contributed by atoms with E-state index in [1.165, 1.54) is 24.3 Å². The van der Waals surface area contributed by atoms with Gasteiger partial charge in [0.25, 0.3) is 0 Å². The molecule has 22 heavy (non-hydrogen) atoms. The highest BCUT2D eigenvalue weighted by atomic mass is 19.3. The van der Waals surface area contributed by atoms with Crippen molar-refractivity contribution >= 4 is 17.4 Å². The molecular formula is C17H15F2NO2. The Balaban J connectivity index is 2.25. The van der Waals surface area contributed by atoms with Gasteiger partial charge < -0.3 is 9.64 Å². The number of anilines is 1. The second kappa shape index (κ2) is 6.85. The largest absolute Gasteiger partial charge is 0.417 e. The predicted molar refractivity (Wildman–Crippen MR) is 81.8 cm³/mol. The number of nitrogens with zero attached hydrogens (tertiary/aromatic N) is 1. The Morgan fingerprint density at radius 1 is 0.909 bits per heavy atom. The third kappa shape index (κ3) is 3.69. The lowest BCUT2D eigenvalue weighted by Crippen LogP contribution is -2.09. The molecule has 0 amide bonds. The average Bonchev–Trinajstić information content (AvgIpc) is 2.53. The molecule has 0 aliphatic carbocycles. The van der Waals surface area contributed by atoms with Crippen molar-refractivity contribution in [1.82, 2.24) is 0 Å². The van der Waals surface area contributed by atoms with Crippen molar-refractivity contribution in [1.29, 1.82) is 0 Å². The zero-order valence-corrected chi connectivity index (χ0v) is 12.2. The summed E-state index contributed by atoms with van der Waals surface area (Å²) in [6.45, 7) is 0. The van der Waals surface area contributed by atoms with E-state index in [1.54, 1.807) is 30.3 Å². The summed E-state index contributed by atoms with van der Waals surface area (Å²) in [6, 6.07) is 14.3. The van der Waals surface area contributed by atoms with Crippen molar-refractivity contribution in [2.24, 2.45) is 0 Å². The average molecular weight is 303 g/mol. The first-order chi connectivity index (χ1) is 10.5. The van der Waals surface area contributed by atoms with E-state index in [0.29, 0.717) is 0 Å². The van der Waals surface area contributed by atoms with E-state index in [0.717, 1.165) is 5.69 Å². The van der Waals surface area contributed by atoms with Crippen molar-refractivity contribution in [2.75, 3.05) is 19.0 Å². The van der Waals surface area contributed by atoms with Crippen LogP contribution in [-0.4, -0.2) is 20.1 Å². The van der Waals surface area contributed by atoms with Crippen LogP contribution in [0.15, 0.2) is 60.7 Å². The first kappa shape index (κ1) is 15.7. The third-order valence-corrected chi connectivity index (χ3v) is 3.02. The summed E-state index contributed by atoms with van der Waals surface area (Å²) in [6.07, 6.45) is -2.04. The van der Waals surface area contributed by atoms with E-state index in [-0.39, 0.29) is 11.1 Å². The van der Waals surface area contributed by atoms with Gasteiger partial charge in [0.1, 0.15) is 0 Å². The molecule has 0 spiro atoms. The minimum atomic E-state index is -2.04. The van der Waals surface area contributed by atoms with Crippen LogP contribution in [0.4, 0.5) is 14.5 Å². The molecule has 0 heterocycles. The van der Waals surface area contributed by atoms with Crippen molar-refractivity contribution < 1.29 is 18.3 Å². The van der Waals surface area contributed by atoms with Gasteiger partial charge in [-0.25, -0.2) is 4.79 Å². The molecule has 0 N–H and O–H groups in total. The quantitative estimate of drug-likeness (QED) is 0.627. The molecule has 114 valence electrons. The highest BCUT2D eigenvalue weighted by Gasteiger charge is 2.17. The molecular weight excluding hydrogens is 288 g/mol. The maximum atomic E-state index is 13.1. The van der Waals surface area contributed by atoms with Crippen LogP contribution in [0.3, 0.4) is 0 Å².